The molecule has 104 valence electrons. The lowest BCUT2D eigenvalue weighted by atomic mass is 9.99. The highest BCUT2D eigenvalue weighted by Gasteiger charge is 2.25. The van der Waals surface area contributed by atoms with Crippen LogP contribution in [-0.2, 0) is 6.61 Å². The van der Waals surface area contributed by atoms with Crippen molar-refractivity contribution >= 4 is 5.82 Å². The molecule has 0 bridgehead atoms. The first kappa shape index (κ1) is 13.1. The van der Waals surface area contributed by atoms with Gasteiger partial charge in [-0.15, -0.1) is 0 Å². The van der Waals surface area contributed by atoms with Gasteiger partial charge in [-0.1, -0.05) is 30.3 Å². The first-order chi connectivity index (χ1) is 9.78. The second-order valence-electron chi connectivity index (χ2n) is 5.48. The summed E-state index contributed by atoms with van der Waals surface area (Å²) in [5, 5.41) is 9.16. The van der Waals surface area contributed by atoms with E-state index in [0.717, 1.165) is 30.0 Å². The highest BCUT2D eigenvalue weighted by molar-refractivity contribution is 5.49. The summed E-state index contributed by atoms with van der Waals surface area (Å²) in [6, 6.07) is 12.7. The molecule has 20 heavy (non-hydrogen) atoms. The minimum absolute atomic E-state index is 0.0563. The Balaban J connectivity index is 1.77. The Bertz CT molecular complexity index is 583. The molecule has 3 nitrogen and oxygen atoms in total. The van der Waals surface area contributed by atoms with Crippen molar-refractivity contribution in [1.82, 2.24) is 4.98 Å². The molecule has 1 aromatic carbocycles. The average molecular weight is 268 g/mol. The molecule has 0 saturated carbocycles. The Morgan fingerprint density at radius 3 is 2.80 bits per heavy atom. The topological polar surface area (TPSA) is 36.4 Å². The SMILES string of the molecule is Cc1cc(CO)cnc1N1CCC(c2ccccc2)C1. The number of rotatable bonds is 3. The maximum Gasteiger partial charge on any atom is 0.131 e. The number of hydrogen-bond acceptors (Lipinski definition) is 3. The minimum atomic E-state index is 0.0563. The van der Waals surface area contributed by atoms with Gasteiger partial charge in [-0.25, -0.2) is 4.98 Å². The van der Waals surface area contributed by atoms with Crippen LogP contribution in [0, 0.1) is 6.92 Å². The van der Waals surface area contributed by atoms with E-state index in [0.29, 0.717) is 5.92 Å². The first-order valence-corrected chi connectivity index (χ1v) is 7.14. The van der Waals surface area contributed by atoms with Crippen molar-refractivity contribution in [2.75, 3.05) is 18.0 Å². The number of aliphatic hydroxyl groups excluding tert-OH is 1. The number of anilines is 1. The molecule has 1 N–H and O–H groups in total. The van der Waals surface area contributed by atoms with E-state index < -0.39 is 0 Å². The van der Waals surface area contributed by atoms with Gasteiger partial charge >= 0.3 is 0 Å². The predicted molar refractivity (Wildman–Crippen MR) is 80.9 cm³/mol. The standard InChI is InChI=1S/C17H20N2O/c1-13-9-14(12-20)10-18-17(13)19-8-7-16(11-19)15-5-3-2-4-6-15/h2-6,9-10,16,20H,7-8,11-12H2,1H3. The summed E-state index contributed by atoms with van der Waals surface area (Å²) in [5.74, 6) is 1.65. The zero-order chi connectivity index (χ0) is 13.9. The lowest BCUT2D eigenvalue weighted by molar-refractivity contribution is 0.281. The monoisotopic (exact) mass is 268 g/mol. The third-order valence-electron chi connectivity index (χ3n) is 4.05. The van der Waals surface area contributed by atoms with E-state index in [1.54, 1.807) is 6.20 Å². The van der Waals surface area contributed by atoms with Gasteiger partial charge < -0.3 is 10.0 Å². The van der Waals surface area contributed by atoms with Crippen molar-refractivity contribution in [2.45, 2.75) is 25.9 Å². The molecule has 1 unspecified atom stereocenters. The molecule has 1 aliphatic rings. The molecule has 1 saturated heterocycles. The smallest absolute Gasteiger partial charge is 0.131 e. The maximum atomic E-state index is 9.16. The molecule has 1 aliphatic heterocycles. The van der Waals surface area contributed by atoms with Crippen LogP contribution in [0.25, 0.3) is 0 Å². The predicted octanol–water partition coefficient (Wildman–Crippen LogP) is 2.88. The molecule has 2 heterocycles. The van der Waals surface area contributed by atoms with Crippen LogP contribution in [-0.4, -0.2) is 23.2 Å². The Labute approximate surface area is 119 Å². The molecule has 0 radical (unpaired) electrons. The number of nitrogens with zero attached hydrogens (tertiary/aromatic N) is 2. The van der Waals surface area contributed by atoms with E-state index in [-0.39, 0.29) is 6.61 Å². The summed E-state index contributed by atoms with van der Waals surface area (Å²) in [6.45, 7) is 4.19. The van der Waals surface area contributed by atoms with Gasteiger partial charge in [0, 0.05) is 25.2 Å². The highest BCUT2D eigenvalue weighted by Crippen LogP contribution is 2.31. The molecule has 1 aromatic heterocycles. The van der Waals surface area contributed by atoms with Gasteiger partial charge in [0.15, 0.2) is 0 Å². The lowest BCUT2D eigenvalue weighted by Gasteiger charge is -2.20. The van der Waals surface area contributed by atoms with Gasteiger partial charge in [-0.2, -0.15) is 0 Å². The van der Waals surface area contributed by atoms with Crippen LogP contribution in [0.2, 0.25) is 0 Å². The second-order valence-corrected chi connectivity index (χ2v) is 5.48. The van der Waals surface area contributed by atoms with E-state index in [9.17, 15) is 0 Å². The third kappa shape index (κ3) is 2.54. The van der Waals surface area contributed by atoms with Crippen molar-refractivity contribution in [3.63, 3.8) is 0 Å². The zero-order valence-corrected chi connectivity index (χ0v) is 11.8. The van der Waals surface area contributed by atoms with Crippen LogP contribution in [0.15, 0.2) is 42.6 Å². The molecule has 0 amide bonds. The summed E-state index contributed by atoms with van der Waals surface area (Å²) >= 11 is 0. The number of hydrogen-bond donors (Lipinski definition) is 1. The fourth-order valence-electron chi connectivity index (χ4n) is 2.99. The van der Waals surface area contributed by atoms with Gasteiger partial charge in [-0.05, 0) is 36.1 Å². The lowest BCUT2D eigenvalue weighted by Crippen LogP contribution is -2.21. The van der Waals surface area contributed by atoms with Crippen LogP contribution in [0.4, 0.5) is 5.82 Å². The second kappa shape index (κ2) is 5.63. The van der Waals surface area contributed by atoms with E-state index in [1.807, 2.05) is 6.07 Å². The zero-order valence-electron chi connectivity index (χ0n) is 11.8. The Morgan fingerprint density at radius 1 is 1.30 bits per heavy atom. The van der Waals surface area contributed by atoms with Gasteiger partial charge in [0.05, 0.1) is 6.61 Å². The Hall–Kier alpha value is -1.87. The average Bonchev–Trinajstić information content (AvgIpc) is 2.97. The summed E-state index contributed by atoms with van der Waals surface area (Å²) in [4.78, 5) is 6.88. The van der Waals surface area contributed by atoms with E-state index >= 15 is 0 Å². The third-order valence-corrected chi connectivity index (χ3v) is 4.05. The molecular formula is C17H20N2O. The van der Waals surface area contributed by atoms with Crippen molar-refractivity contribution in [3.05, 3.63) is 59.3 Å². The molecule has 1 fully saturated rings. The van der Waals surface area contributed by atoms with Gasteiger partial charge in [0.1, 0.15) is 5.82 Å². The summed E-state index contributed by atoms with van der Waals surface area (Å²) in [7, 11) is 0. The van der Waals surface area contributed by atoms with Crippen LogP contribution in [0.3, 0.4) is 0 Å². The van der Waals surface area contributed by atoms with E-state index in [2.05, 4.69) is 47.1 Å². The van der Waals surface area contributed by atoms with E-state index in [4.69, 9.17) is 5.11 Å². The van der Waals surface area contributed by atoms with Crippen LogP contribution >= 0.6 is 0 Å². The Kier molecular flexibility index (Phi) is 3.70. The molecule has 1 atom stereocenters. The molecule has 2 aromatic rings. The fraction of sp³-hybridized carbons (Fsp3) is 0.353. The largest absolute Gasteiger partial charge is 0.392 e. The van der Waals surface area contributed by atoms with E-state index in [1.165, 1.54) is 12.0 Å². The van der Waals surface area contributed by atoms with Crippen molar-refractivity contribution in [2.24, 2.45) is 0 Å². The van der Waals surface area contributed by atoms with Crippen LogP contribution in [0.5, 0.6) is 0 Å². The summed E-state index contributed by atoms with van der Waals surface area (Å²) in [5.41, 5.74) is 3.44. The quantitative estimate of drug-likeness (QED) is 0.930. The van der Waals surface area contributed by atoms with Crippen molar-refractivity contribution < 1.29 is 5.11 Å². The molecule has 3 rings (SSSR count). The van der Waals surface area contributed by atoms with Gasteiger partial charge in [0.25, 0.3) is 0 Å². The summed E-state index contributed by atoms with van der Waals surface area (Å²) in [6.07, 6.45) is 2.95. The molecule has 3 heteroatoms. The molecule has 0 aliphatic carbocycles. The first-order valence-electron chi connectivity index (χ1n) is 7.14. The normalized spacial score (nSPS) is 18.5. The number of aryl methyl sites for hydroxylation is 1. The fourth-order valence-corrected chi connectivity index (χ4v) is 2.99. The van der Waals surface area contributed by atoms with Crippen molar-refractivity contribution in [3.8, 4) is 0 Å². The minimum Gasteiger partial charge on any atom is -0.392 e. The maximum absolute atomic E-state index is 9.16. The number of benzene rings is 1. The number of aromatic nitrogens is 1. The number of aliphatic hydroxyl groups is 1. The van der Waals surface area contributed by atoms with Crippen LogP contribution in [0.1, 0.15) is 29.0 Å². The number of pyridine rings is 1. The Morgan fingerprint density at radius 2 is 2.10 bits per heavy atom. The highest BCUT2D eigenvalue weighted by atomic mass is 16.3. The van der Waals surface area contributed by atoms with Gasteiger partial charge in [-0.3, -0.25) is 0 Å². The summed E-state index contributed by atoms with van der Waals surface area (Å²) < 4.78 is 0. The van der Waals surface area contributed by atoms with Gasteiger partial charge in [0.2, 0.25) is 0 Å². The molecule has 0 spiro atoms. The molecular weight excluding hydrogens is 248 g/mol. The van der Waals surface area contributed by atoms with Crippen molar-refractivity contribution in [1.29, 1.82) is 0 Å². The van der Waals surface area contributed by atoms with Crippen LogP contribution < -0.4 is 4.90 Å².